The van der Waals surface area contributed by atoms with Gasteiger partial charge in [-0.3, -0.25) is 0 Å². The summed E-state index contributed by atoms with van der Waals surface area (Å²) >= 11 is 0. The molecule has 2 nitrogen and oxygen atoms in total. The molecule has 4 heteroatoms. The van der Waals surface area contributed by atoms with Gasteiger partial charge in [-0.25, -0.2) is 9.18 Å². The highest BCUT2D eigenvalue weighted by molar-refractivity contribution is 6.32. The molecule has 0 N–H and O–H groups in total. The summed E-state index contributed by atoms with van der Waals surface area (Å²) in [5.74, 6) is -1.19. The Bertz CT molecular complexity index is 312. The van der Waals surface area contributed by atoms with Gasteiger partial charge in [0.05, 0.1) is 12.7 Å². The van der Waals surface area contributed by atoms with Gasteiger partial charge in [-0.2, -0.15) is 0 Å². The van der Waals surface area contributed by atoms with E-state index in [0.717, 1.165) is 6.07 Å². The Kier molecular flexibility index (Phi) is 2.48. The number of rotatable bonds is 1. The zero-order valence-electron chi connectivity index (χ0n) is 6.50. The number of carbonyl (C=O) groups is 1. The largest absolute Gasteiger partial charge is 0.465 e. The molecule has 0 unspecified atom stereocenters. The number of esters is 1. The Hall–Kier alpha value is -1.32. The topological polar surface area (TPSA) is 26.3 Å². The predicted molar refractivity (Wildman–Crippen MR) is 43.1 cm³/mol. The first-order valence-electron chi connectivity index (χ1n) is 3.28. The van der Waals surface area contributed by atoms with Crippen molar-refractivity contribution in [3.05, 3.63) is 29.6 Å². The summed E-state index contributed by atoms with van der Waals surface area (Å²) in [6.45, 7) is 0. The number of methoxy groups -OCH3 is 1. The molecular weight excluding hydrogens is 158 g/mol. The normalized spacial score (nSPS) is 9.50. The lowest BCUT2D eigenvalue weighted by atomic mass is 9.94. The second kappa shape index (κ2) is 3.39. The van der Waals surface area contributed by atoms with Gasteiger partial charge in [-0.05, 0) is 12.1 Å². The van der Waals surface area contributed by atoms with Gasteiger partial charge in [0.25, 0.3) is 0 Å². The van der Waals surface area contributed by atoms with E-state index in [4.69, 9.17) is 7.85 Å². The van der Waals surface area contributed by atoms with E-state index in [-0.39, 0.29) is 11.0 Å². The zero-order valence-corrected chi connectivity index (χ0v) is 6.50. The molecule has 60 valence electrons. The summed E-state index contributed by atoms with van der Waals surface area (Å²) in [6, 6.07) is 3.77. The van der Waals surface area contributed by atoms with Crippen LogP contribution >= 0.6 is 0 Å². The van der Waals surface area contributed by atoms with E-state index >= 15 is 0 Å². The van der Waals surface area contributed by atoms with Crippen molar-refractivity contribution in [3.63, 3.8) is 0 Å². The van der Waals surface area contributed by atoms with E-state index in [0.29, 0.717) is 0 Å². The monoisotopic (exact) mass is 164 g/mol. The number of hydrogen-bond donors (Lipinski definition) is 0. The van der Waals surface area contributed by atoms with Crippen molar-refractivity contribution in [2.75, 3.05) is 7.11 Å². The van der Waals surface area contributed by atoms with Crippen molar-refractivity contribution in [2.45, 2.75) is 0 Å². The second-order valence-electron chi connectivity index (χ2n) is 2.23. The molecule has 1 aromatic carbocycles. The van der Waals surface area contributed by atoms with Gasteiger partial charge in [-0.1, -0.05) is 11.5 Å². The number of halogens is 1. The molecule has 0 atom stereocenters. The van der Waals surface area contributed by atoms with Gasteiger partial charge in [0.2, 0.25) is 0 Å². The van der Waals surface area contributed by atoms with Gasteiger partial charge in [0.15, 0.2) is 0 Å². The first-order chi connectivity index (χ1) is 5.65. The fourth-order valence-corrected chi connectivity index (χ4v) is 0.772. The van der Waals surface area contributed by atoms with E-state index in [1.54, 1.807) is 0 Å². The van der Waals surface area contributed by atoms with Gasteiger partial charge in [0, 0.05) is 0 Å². The summed E-state index contributed by atoms with van der Waals surface area (Å²) < 4.78 is 17.1. The lowest BCUT2D eigenvalue weighted by Gasteiger charge is -2.00. The van der Waals surface area contributed by atoms with Crippen molar-refractivity contribution in [1.29, 1.82) is 0 Å². The Morgan fingerprint density at radius 1 is 1.58 bits per heavy atom. The average molecular weight is 164 g/mol. The molecule has 0 heterocycles. The molecule has 0 bridgehead atoms. The maximum absolute atomic E-state index is 12.7. The highest BCUT2D eigenvalue weighted by Crippen LogP contribution is 2.02. The Balaban J connectivity index is 3.05. The maximum atomic E-state index is 12.7. The van der Waals surface area contributed by atoms with Crippen LogP contribution in [0, 0.1) is 5.82 Å². The van der Waals surface area contributed by atoms with Crippen LogP contribution in [0.4, 0.5) is 4.39 Å². The number of hydrogen-bond acceptors (Lipinski definition) is 2. The molecule has 1 rings (SSSR count). The van der Waals surface area contributed by atoms with Crippen LogP contribution in [-0.4, -0.2) is 20.9 Å². The average Bonchev–Trinajstić information content (AvgIpc) is 2.08. The van der Waals surface area contributed by atoms with Crippen LogP contribution in [0.3, 0.4) is 0 Å². The molecule has 0 aliphatic heterocycles. The fourth-order valence-electron chi connectivity index (χ4n) is 0.772. The van der Waals surface area contributed by atoms with Crippen LogP contribution in [0.1, 0.15) is 10.4 Å². The molecular formula is C8H6BFO2. The second-order valence-corrected chi connectivity index (χ2v) is 2.23. The third kappa shape index (κ3) is 1.64. The van der Waals surface area contributed by atoms with Crippen molar-refractivity contribution >= 4 is 19.3 Å². The zero-order chi connectivity index (χ0) is 9.14. The summed E-state index contributed by atoms with van der Waals surface area (Å²) in [5, 5.41) is 0. The first kappa shape index (κ1) is 8.78. The van der Waals surface area contributed by atoms with Crippen LogP contribution in [-0.2, 0) is 4.74 Å². The minimum atomic E-state index is -0.613. The third-order valence-corrected chi connectivity index (χ3v) is 1.42. The van der Waals surface area contributed by atoms with Gasteiger partial charge >= 0.3 is 5.97 Å². The van der Waals surface area contributed by atoms with E-state index in [1.807, 2.05) is 0 Å². The third-order valence-electron chi connectivity index (χ3n) is 1.42. The van der Waals surface area contributed by atoms with Crippen LogP contribution in [0.5, 0.6) is 0 Å². The smallest absolute Gasteiger partial charge is 0.337 e. The van der Waals surface area contributed by atoms with Gasteiger partial charge in [0.1, 0.15) is 13.7 Å². The Morgan fingerprint density at radius 2 is 2.25 bits per heavy atom. The molecule has 0 aliphatic rings. The number of ether oxygens (including phenoxy) is 1. The molecule has 0 amide bonds. The molecule has 0 aromatic heterocycles. The minimum Gasteiger partial charge on any atom is -0.465 e. The predicted octanol–water partition coefficient (Wildman–Crippen LogP) is 0.406. The molecule has 0 saturated heterocycles. The van der Waals surface area contributed by atoms with Gasteiger partial charge < -0.3 is 4.74 Å². The molecule has 0 fully saturated rings. The molecule has 0 aliphatic carbocycles. The van der Waals surface area contributed by atoms with Crippen LogP contribution in [0.25, 0.3) is 0 Å². The van der Waals surface area contributed by atoms with Crippen molar-refractivity contribution < 1.29 is 13.9 Å². The molecule has 12 heavy (non-hydrogen) atoms. The quantitative estimate of drug-likeness (QED) is 0.443. The summed E-state index contributed by atoms with van der Waals surface area (Å²) in [4.78, 5) is 10.8. The maximum Gasteiger partial charge on any atom is 0.337 e. The SMILES string of the molecule is [B]c1ccc(C(=O)OC)cc1F. The van der Waals surface area contributed by atoms with Crippen LogP contribution in [0.2, 0.25) is 0 Å². The Morgan fingerprint density at radius 3 is 2.75 bits per heavy atom. The van der Waals surface area contributed by atoms with Crippen LogP contribution < -0.4 is 5.46 Å². The molecule has 0 spiro atoms. The highest BCUT2D eigenvalue weighted by atomic mass is 19.1. The number of carbonyl (C=O) groups excluding carboxylic acids is 1. The lowest BCUT2D eigenvalue weighted by Crippen LogP contribution is -2.11. The summed E-state index contributed by atoms with van der Waals surface area (Å²) in [6.07, 6.45) is 0. The molecule has 0 saturated carbocycles. The minimum absolute atomic E-state index is 0.0163. The van der Waals surface area contributed by atoms with E-state index in [2.05, 4.69) is 4.74 Å². The van der Waals surface area contributed by atoms with Crippen molar-refractivity contribution in [3.8, 4) is 0 Å². The first-order valence-corrected chi connectivity index (χ1v) is 3.28. The molecule has 1 aromatic rings. The van der Waals surface area contributed by atoms with E-state index in [9.17, 15) is 9.18 Å². The fraction of sp³-hybridized carbons (Fsp3) is 0.125. The van der Waals surface area contributed by atoms with Gasteiger partial charge in [-0.15, -0.1) is 0 Å². The van der Waals surface area contributed by atoms with Crippen LogP contribution in [0.15, 0.2) is 18.2 Å². The highest BCUT2D eigenvalue weighted by Gasteiger charge is 2.06. The number of benzene rings is 1. The van der Waals surface area contributed by atoms with E-state index in [1.165, 1.54) is 19.2 Å². The lowest BCUT2D eigenvalue weighted by molar-refractivity contribution is 0.0600. The Labute approximate surface area is 70.8 Å². The van der Waals surface area contributed by atoms with E-state index < -0.39 is 11.8 Å². The summed E-state index contributed by atoms with van der Waals surface area (Å²) in [5.41, 5.74) is 0.173. The molecule has 2 radical (unpaired) electrons. The van der Waals surface area contributed by atoms with Crippen molar-refractivity contribution in [2.24, 2.45) is 0 Å². The van der Waals surface area contributed by atoms with Crippen molar-refractivity contribution in [1.82, 2.24) is 0 Å². The standard InChI is InChI=1S/C8H6BFO2/c1-12-8(11)5-2-3-6(9)7(10)4-5/h2-4H,1H3. The summed E-state index contributed by atoms with van der Waals surface area (Å²) in [7, 11) is 6.44.